The van der Waals surface area contributed by atoms with Crippen molar-refractivity contribution >= 4 is 29.1 Å². The fourth-order valence-corrected chi connectivity index (χ4v) is 5.01. The van der Waals surface area contributed by atoms with Gasteiger partial charge >= 0.3 is 6.09 Å². The number of carbonyl (C=O) groups excluding carboxylic acids is 2. The summed E-state index contributed by atoms with van der Waals surface area (Å²) < 4.78 is 17.0. The van der Waals surface area contributed by atoms with E-state index in [1.54, 1.807) is 45.3 Å². The second-order valence-corrected chi connectivity index (χ2v) is 11.1. The first-order chi connectivity index (χ1) is 20.0. The predicted molar refractivity (Wildman–Crippen MR) is 167 cm³/mol. The summed E-state index contributed by atoms with van der Waals surface area (Å²) in [6, 6.07) is 17.0. The van der Waals surface area contributed by atoms with E-state index in [-0.39, 0.29) is 5.91 Å². The Balaban J connectivity index is 1.74. The minimum atomic E-state index is -0.750. The quantitative estimate of drug-likeness (QED) is 0.343. The summed E-state index contributed by atoms with van der Waals surface area (Å²) in [7, 11) is 10.6. The number of para-hydroxylation sites is 2. The zero-order valence-electron chi connectivity index (χ0n) is 25.7. The van der Waals surface area contributed by atoms with Gasteiger partial charge in [-0.3, -0.25) is 4.79 Å². The molecule has 42 heavy (non-hydrogen) atoms. The lowest BCUT2D eigenvalue weighted by Crippen LogP contribution is -2.52. The lowest BCUT2D eigenvalue weighted by atomic mass is 9.91. The van der Waals surface area contributed by atoms with E-state index in [1.165, 1.54) is 4.90 Å². The maximum Gasteiger partial charge on any atom is 0.415 e. The number of nitrogens with zero attached hydrogens (tertiary/aromatic N) is 3. The molecule has 3 aromatic rings. The lowest BCUT2D eigenvalue weighted by molar-refractivity contribution is -0.121. The van der Waals surface area contributed by atoms with Gasteiger partial charge in [-0.15, -0.1) is 0 Å². The van der Waals surface area contributed by atoms with Gasteiger partial charge in [-0.05, 0) is 63.8 Å². The Bertz CT molecular complexity index is 1460. The van der Waals surface area contributed by atoms with Crippen LogP contribution in [0.5, 0.6) is 17.2 Å². The van der Waals surface area contributed by atoms with Crippen LogP contribution in [0.1, 0.15) is 19.4 Å². The standard InChI is InChI=1S/C32H41N5O5/c1-32(2)30(38)37(6)29-24(20-33-25-11-9-10-12-27(25)40-7)22(15-16-26(29)34-32)23-14-13-21(19-28(23)41-8)42-31(39)36(5)18-17-35(3)4/h9-16,19,33-34H,17-18,20H2,1-8H3. The molecule has 4 rings (SSSR count). The van der Waals surface area contributed by atoms with Crippen LogP contribution in [-0.2, 0) is 11.3 Å². The Kier molecular flexibility index (Phi) is 9.16. The smallest absolute Gasteiger partial charge is 0.415 e. The summed E-state index contributed by atoms with van der Waals surface area (Å²) in [4.78, 5) is 31.2. The van der Waals surface area contributed by atoms with Crippen molar-refractivity contribution in [3.05, 3.63) is 60.2 Å². The molecular weight excluding hydrogens is 534 g/mol. The second-order valence-electron chi connectivity index (χ2n) is 11.1. The van der Waals surface area contributed by atoms with E-state index < -0.39 is 11.6 Å². The van der Waals surface area contributed by atoms with Crippen molar-refractivity contribution in [1.29, 1.82) is 0 Å². The fourth-order valence-electron chi connectivity index (χ4n) is 5.01. The summed E-state index contributed by atoms with van der Waals surface area (Å²) in [5.74, 6) is 1.58. The SMILES string of the molecule is COc1ccccc1NCc1c(-c2ccc(OC(=O)N(C)CCN(C)C)cc2OC)ccc2c1N(C)C(=O)C(C)(C)N2. The highest BCUT2D eigenvalue weighted by molar-refractivity contribution is 6.09. The first-order valence-electron chi connectivity index (χ1n) is 13.8. The van der Waals surface area contributed by atoms with Gasteiger partial charge in [0.25, 0.3) is 5.91 Å². The summed E-state index contributed by atoms with van der Waals surface area (Å²) in [5.41, 5.74) is 4.27. The first-order valence-corrected chi connectivity index (χ1v) is 13.8. The number of ether oxygens (including phenoxy) is 3. The third kappa shape index (κ3) is 6.38. The Hall–Kier alpha value is -4.44. The van der Waals surface area contributed by atoms with E-state index in [0.29, 0.717) is 30.3 Å². The minimum absolute atomic E-state index is 0.0432. The van der Waals surface area contributed by atoms with E-state index in [0.717, 1.165) is 40.3 Å². The van der Waals surface area contributed by atoms with Gasteiger partial charge in [-0.1, -0.05) is 18.2 Å². The molecule has 0 aromatic heterocycles. The van der Waals surface area contributed by atoms with E-state index in [1.807, 2.05) is 75.3 Å². The lowest BCUT2D eigenvalue weighted by Gasteiger charge is -2.40. The number of amides is 2. The molecule has 0 radical (unpaired) electrons. The summed E-state index contributed by atoms with van der Waals surface area (Å²) in [6.07, 6.45) is -0.448. The number of fused-ring (bicyclic) bond motifs is 1. The second kappa shape index (κ2) is 12.6. The van der Waals surface area contributed by atoms with E-state index in [2.05, 4.69) is 10.6 Å². The first kappa shape index (κ1) is 30.5. The molecule has 0 aliphatic carbocycles. The van der Waals surface area contributed by atoms with Gasteiger partial charge in [0.15, 0.2) is 0 Å². The minimum Gasteiger partial charge on any atom is -0.496 e. The van der Waals surface area contributed by atoms with Crippen LogP contribution in [0.3, 0.4) is 0 Å². The third-order valence-corrected chi connectivity index (χ3v) is 7.33. The van der Waals surface area contributed by atoms with E-state index >= 15 is 0 Å². The molecule has 224 valence electrons. The van der Waals surface area contributed by atoms with Crippen molar-refractivity contribution in [2.75, 3.05) is 71.0 Å². The zero-order valence-corrected chi connectivity index (χ0v) is 25.7. The van der Waals surface area contributed by atoms with Crippen molar-refractivity contribution in [1.82, 2.24) is 9.80 Å². The van der Waals surface area contributed by atoms with Gasteiger partial charge in [0.2, 0.25) is 0 Å². The van der Waals surface area contributed by atoms with Crippen LogP contribution in [0.15, 0.2) is 54.6 Å². The number of hydrogen-bond acceptors (Lipinski definition) is 8. The highest BCUT2D eigenvalue weighted by Gasteiger charge is 2.38. The fraction of sp³-hybridized carbons (Fsp3) is 0.375. The summed E-state index contributed by atoms with van der Waals surface area (Å²) >= 11 is 0. The molecule has 1 aliphatic heterocycles. The van der Waals surface area contributed by atoms with Crippen molar-refractivity contribution in [3.8, 4) is 28.4 Å². The summed E-state index contributed by atoms with van der Waals surface area (Å²) in [5, 5.41) is 6.90. The molecule has 0 saturated carbocycles. The van der Waals surface area contributed by atoms with E-state index in [9.17, 15) is 9.59 Å². The van der Waals surface area contributed by atoms with Crippen LogP contribution in [0.4, 0.5) is 21.9 Å². The Morgan fingerprint density at radius 1 is 0.952 bits per heavy atom. The normalized spacial score (nSPS) is 13.7. The molecule has 0 spiro atoms. The molecule has 0 atom stereocenters. The number of hydrogen-bond donors (Lipinski definition) is 2. The van der Waals surface area contributed by atoms with Crippen LogP contribution in [-0.4, -0.2) is 82.8 Å². The monoisotopic (exact) mass is 575 g/mol. The van der Waals surface area contributed by atoms with Gasteiger partial charge in [0.05, 0.1) is 31.3 Å². The maximum absolute atomic E-state index is 13.3. The molecule has 2 amide bonds. The molecule has 0 fully saturated rings. The largest absolute Gasteiger partial charge is 0.496 e. The highest BCUT2D eigenvalue weighted by atomic mass is 16.6. The number of rotatable bonds is 10. The van der Waals surface area contributed by atoms with E-state index in [4.69, 9.17) is 14.2 Å². The maximum atomic E-state index is 13.3. The van der Waals surface area contributed by atoms with Gasteiger partial charge in [0, 0.05) is 50.9 Å². The molecule has 10 nitrogen and oxygen atoms in total. The molecule has 1 heterocycles. The van der Waals surface area contributed by atoms with Gasteiger partial charge < -0.3 is 39.5 Å². The third-order valence-electron chi connectivity index (χ3n) is 7.33. The van der Waals surface area contributed by atoms with Crippen molar-refractivity contribution in [2.24, 2.45) is 0 Å². The van der Waals surface area contributed by atoms with Gasteiger partial charge in [-0.25, -0.2) is 4.79 Å². The van der Waals surface area contributed by atoms with Crippen molar-refractivity contribution in [3.63, 3.8) is 0 Å². The number of anilines is 3. The molecule has 0 bridgehead atoms. The molecule has 1 aliphatic rings. The van der Waals surface area contributed by atoms with Crippen LogP contribution in [0.25, 0.3) is 11.1 Å². The Morgan fingerprint density at radius 3 is 2.33 bits per heavy atom. The van der Waals surface area contributed by atoms with Gasteiger partial charge in [-0.2, -0.15) is 0 Å². The van der Waals surface area contributed by atoms with Crippen LogP contribution < -0.4 is 29.7 Å². The molecule has 10 heteroatoms. The Labute approximate surface area is 248 Å². The van der Waals surface area contributed by atoms with Crippen molar-refractivity contribution < 1.29 is 23.8 Å². The zero-order chi connectivity index (χ0) is 30.6. The summed E-state index contributed by atoms with van der Waals surface area (Å²) in [6.45, 7) is 5.40. The molecule has 3 aromatic carbocycles. The van der Waals surface area contributed by atoms with Crippen LogP contribution >= 0.6 is 0 Å². The van der Waals surface area contributed by atoms with Crippen LogP contribution in [0, 0.1) is 0 Å². The molecule has 0 unspecified atom stereocenters. The average Bonchev–Trinajstić information content (AvgIpc) is 2.97. The topological polar surface area (TPSA) is 95.6 Å². The molecular formula is C32H41N5O5. The number of likely N-dealkylation sites (N-methyl/N-ethyl adjacent to an activating group) is 3. The van der Waals surface area contributed by atoms with Crippen molar-refractivity contribution in [2.45, 2.75) is 25.9 Å². The number of nitrogens with one attached hydrogen (secondary N) is 2. The number of benzene rings is 3. The van der Waals surface area contributed by atoms with Gasteiger partial charge in [0.1, 0.15) is 22.8 Å². The number of methoxy groups -OCH3 is 2. The van der Waals surface area contributed by atoms with Crippen LogP contribution in [0.2, 0.25) is 0 Å². The average molecular weight is 576 g/mol. The highest BCUT2D eigenvalue weighted by Crippen LogP contribution is 2.45. The Morgan fingerprint density at radius 2 is 1.64 bits per heavy atom. The molecule has 0 saturated heterocycles. The predicted octanol–water partition coefficient (Wildman–Crippen LogP) is 5.14. The molecule has 2 N–H and O–H groups in total. The number of carbonyl (C=O) groups is 2.